The summed E-state index contributed by atoms with van der Waals surface area (Å²) in [5.74, 6) is -1.32. The highest BCUT2D eigenvalue weighted by molar-refractivity contribution is 6.30. The molecule has 3 aromatic rings. The standard InChI is InChI=1S/C13H7ClF2N2/c14-9-3-1-8(2-4-9)12-7-18-6-10(15)5-11(16)13(18)17-12/h1-7H. The number of imidazole rings is 1. The number of aromatic nitrogens is 2. The second-order valence-corrected chi connectivity index (χ2v) is 4.31. The Morgan fingerprint density at radius 1 is 1.06 bits per heavy atom. The van der Waals surface area contributed by atoms with Crippen LogP contribution in [0.3, 0.4) is 0 Å². The van der Waals surface area contributed by atoms with Crippen LogP contribution in [0.2, 0.25) is 5.02 Å². The summed E-state index contributed by atoms with van der Waals surface area (Å²) in [6.07, 6.45) is 2.76. The van der Waals surface area contributed by atoms with Crippen LogP contribution in [0.1, 0.15) is 0 Å². The Hall–Kier alpha value is -1.94. The van der Waals surface area contributed by atoms with Crippen LogP contribution in [0, 0.1) is 11.6 Å². The van der Waals surface area contributed by atoms with Crippen molar-refractivity contribution >= 4 is 17.2 Å². The molecule has 0 spiro atoms. The first kappa shape index (κ1) is 11.2. The van der Waals surface area contributed by atoms with Gasteiger partial charge in [0.25, 0.3) is 0 Å². The third kappa shape index (κ3) is 1.84. The molecule has 0 bridgehead atoms. The normalized spacial score (nSPS) is 11.1. The highest BCUT2D eigenvalue weighted by Gasteiger charge is 2.09. The van der Waals surface area contributed by atoms with Gasteiger partial charge in [-0.2, -0.15) is 0 Å². The van der Waals surface area contributed by atoms with Gasteiger partial charge in [0.15, 0.2) is 11.5 Å². The number of nitrogens with zero attached hydrogens (tertiary/aromatic N) is 2. The van der Waals surface area contributed by atoms with E-state index < -0.39 is 11.6 Å². The maximum atomic E-state index is 13.5. The largest absolute Gasteiger partial charge is 0.301 e. The Balaban J connectivity index is 2.19. The Morgan fingerprint density at radius 3 is 2.50 bits per heavy atom. The summed E-state index contributed by atoms with van der Waals surface area (Å²) in [6.45, 7) is 0. The molecule has 0 aliphatic heterocycles. The van der Waals surface area contributed by atoms with Gasteiger partial charge in [0, 0.05) is 29.0 Å². The number of hydrogen-bond acceptors (Lipinski definition) is 1. The van der Waals surface area contributed by atoms with Crippen molar-refractivity contribution < 1.29 is 8.78 Å². The molecular formula is C13H7ClF2N2. The van der Waals surface area contributed by atoms with Crippen molar-refractivity contribution in [1.29, 1.82) is 0 Å². The molecule has 0 fully saturated rings. The molecule has 0 N–H and O–H groups in total. The molecule has 18 heavy (non-hydrogen) atoms. The van der Waals surface area contributed by atoms with Gasteiger partial charge in [-0.1, -0.05) is 23.7 Å². The van der Waals surface area contributed by atoms with Crippen LogP contribution in [0.5, 0.6) is 0 Å². The molecule has 0 amide bonds. The van der Waals surface area contributed by atoms with Crippen LogP contribution in [0.4, 0.5) is 8.78 Å². The van der Waals surface area contributed by atoms with Crippen molar-refractivity contribution in [3.63, 3.8) is 0 Å². The Bertz CT molecular complexity index is 720. The summed E-state index contributed by atoms with van der Waals surface area (Å²) in [6, 6.07) is 7.81. The lowest BCUT2D eigenvalue weighted by Crippen LogP contribution is -1.89. The Kier molecular flexibility index (Phi) is 2.52. The van der Waals surface area contributed by atoms with Crippen molar-refractivity contribution in [2.24, 2.45) is 0 Å². The fourth-order valence-corrected chi connectivity index (χ4v) is 1.91. The minimum absolute atomic E-state index is 0.0985. The van der Waals surface area contributed by atoms with E-state index >= 15 is 0 Å². The molecule has 2 nitrogen and oxygen atoms in total. The van der Waals surface area contributed by atoms with E-state index in [1.54, 1.807) is 30.5 Å². The molecule has 0 saturated heterocycles. The van der Waals surface area contributed by atoms with E-state index in [4.69, 9.17) is 11.6 Å². The van der Waals surface area contributed by atoms with Crippen molar-refractivity contribution in [3.05, 3.63) is 59.4 Å². The number of benzene rings is 1. The van der Waals surface area contributed by atoms with Crippen LogP contribution >= 0.6 is 11.6 Å². The Morgan fingerprint density at radius 2 is 1.78 bits per heavy atom. The van der Waals surface area contributed by atoms with Gasteiger partial charge < -0.3 is 4.40 Å². The fraction of sp³-hybridized carbons (Fsp3) is 0. The van der Waals surface area contributed by atoms with Gasteiger partial charge in [0.05, 0.1) is 5.69 Å². The summed E-state index contributed by atoms with van der Waals surface area (Å²) >= 11 is 5.79. The predicted molar refractivity (Wildman–Crippen MR) is 65.6 cm³/mol. The van der Waals surface area contributed by atoms with Crippen LogP contribution in [0.15, 0.2) is 42.7 Å². The maximum Gasteiger partial charge on any atom is 0.173 e. The van der Waals surface area contributed by atoms with Gasteiger partial charge in [0.1, 0.15) is 5.82 Å². The van der Waals surface area contributed by atoms with Crippen LogP contribution in [-0.4, -0.2) is 9.38 Å². The van der Waals surface area contributed by atoms with E-state index in [1.807, 2.05) is 0 Å². The smallest absolute Gasteiger partial charge is 0.173 e. The van der Waals surface area contributed by atoms with E-state index in [-0.39, 0.29) is 5.65 Å². The fourth-order valence-electron chi connectivity index (χ4n) is 1.78. The second-order valence-electron chi connectivity index (χ2n) is 3.87. The van der Waals surface area contributed by atoms with Crippen LogP contribution in [0.25, 0.3) is 16.9 Å². The molecule has 3 rings (SSSR count). The number of pyridine rings is 1. The summed E-state index contributed by atoms with van der Waals surface area (Å²) in [5, 5.41) is 0.611. The van der Waals surface area contributed by atoms with Gasteiger partial charge in [-0.3, -0.25) is 0 Å². The second kappa shape index (κ2) is 4.07. The molecule has 90 valence electrons. The Labute approximate surface area is 106 Å². The lowest BCUT2D eigenvalue weighted by molar-refractivity contribution is 0.577. The van der Waals surface area contributed by atoms with Crippen molar-refractivity contribution in [2.45, 2.75) is 0 Å². The third-order valence-electron chi connectivity index (χ3n) is 2.61. The monoisotopic (exact) mass is 264 g/mol. The third-order valence-corrected chi connectivity index (χ3v) is 2.86. The molecule has 0 unspecified atom stereocenters. The summed E-state index contributed by atoms with van der Waals surface area (Å²) in [5.41, 5.74) is 1.46. The number of fused-ring (bicyclic) bond motifs is 1. The van der Waals surface area contributed by atoms with E-state index in [0.29, 0.717) is 10.7 Å². The molecule has 2 heterocycles. The molecule has 0 radical (unpaired) electrons. The average Bonchev–Trinajstić information content (AvgIpc) is 2.74. The molecule has 0 saturated carbocycles. The van der Waals surface area contributed by atoms with E-state index in [2.05, 4.69) is 4.98 Å². The van der Waals surface area contributed by atoms with Gasteiger partial charge in [-0.05, 0) is 12.1 Å². The number of rotatable bonds is 1. The molecular weight excluding hydrogens is 258 g/mol. The average molecular weight is 265 g/mol. The molecule has 1 aromatic carbocycles. The van der Waals surface area contributed by atoms with Crippen molar-refractivity contribution in [2.75, 3.05) is 0 Å². The van der Waals surface area contributed by atoms with Gasteiger partial charge in [-0.15, -0.1) is 0 Å². The van der Waals surface area contributed by atoms with E-state index in [9.17, 15) is 8.78 Å². The summed E-state index contributed by atoms with van der Waals surface area (Å²) in [7, 11) is 0. The number of halogens is 3. The predicted octanol–water partition coefficient (Wildman–Crippen LogP) is 3.93. The first-order chi connectivity index (χ1) is 8.63. The SMILES string of the molecule is Fc1cc(F)c2nc(-c3ccc(Cl)cc3)cn2c1. The zero-order valence-electron chi connectivity index (χ0n) is 9.07. The van der Waals surface area contributed by atoms with E-state index in [0.717, 1.165) is 11.6 Å². The summed E-state index contributed by atoms with van der Waals surface area (Å²) < 4.78 is 27.9. The minimum atomic E-state index is -0.685. The highest BCUT2D eigenvalue weighted by atomic mass is 35.5. The van der Waals surface area contributed by atoms with Gasteiger partial charge >= 0.3 is 0 Å². The maximum absolute atomic E-state index is 13.5. The lowest BCUT2D eigenvalue weighted by atomic mass is 10.2. The highest BCUT2D eigenvalue weighted by Crippen LogP contribution is 2.22. The summed E-state index contributed by atoms with van der Waals surface area (Å²) in [4.78, 5) is 4.13. The molecule has 0 atom stereocenters. The topological polar surface area (TPSA) is 17.3 Å². The zero-order valence-corrected chi connectivity index (χ0v) is 9.83. The molecule has 0 aliphatic carbocycles. The zero-order chi connectivity index (χ0) is 12.7. The van der Waals surface area contributed by atoms with Crippen LogP contribution in [-0.2, 0) is 0 Å². The minimum Gasteiger partial charge on any atom is -0.301 e. The van der Waals surface area contributed by atoms with Crippen molar-refractivity contribution in [1.82, 2.24) is 9.38 Å². The van der Waals surface area contributed by atoms with Crippen LogP contribution < -0.4 is 0 Å². The molecule has 2 aromatic heterocycles. The van der Waals surface area contributed by atoms with Crippen molar-refractivity contribution in [3.8, 4) is 11.3 Å². The van der Waals surface area contributed by atoms with Gasteiger partial charge in [0.2, 0.25) is 0 Å². The lowest BCUT2D eigenvalue weighted by Gasteiger charge is -1.94. The first-order valence-corrected chi connectivity index (χ1v) is 5.61. The van der Waals surface area contributed by atoms with Gasteiger partial charge in [-0.25, -0.2) is 13.8 Å². The van der Waals surface area contributed by atoms with E-state index in [1.165, 1.54) is 10.6 Å². The molecule has 0 aliphatic rings. The molecule has 5 heteroatoms. The quantitative estimate of drug-likeness (QED) is 0.651. The first-order valence-electron chi connectivity index (χ1n) is 5.23. The number of hydrogen-bond donors (Lipinski definition) is 0.